The van der Waals surface area contributed by atoms with Crippen molar-refractivity contribution >= 4 is 11.6 Å². The van der Waals surface area contributed by atoms with Crippen LogP contribution >= 0.6 is 0 Å². The molecule has 1 amide bonds. The summed E-state index contributed by atoms with van der Waals surface area (Å²) in [6, 6.07) is 2.03. The summed E-state index contributed by atoms with van der Waals surface area (Å²) in [4.78, 5) is 11.8. The van der Waals surface area contributed by atoms with E-state index in [4.69, 9.17) is 4.74 Å². The Bertz CT molecular complexity index is 456. The lowest BCUT2D eigenvalue weighted by atomic mass is 10.1. The van der Waals surface area contributed by atoms with E-state index in [0.717, 1.165) is 12.1 Å². The molecule has 0 heterocycles. The minimum absolute atomic E-state index is 0.0351. The Labute approximate surface area is 123 Å². The number of ether oxygens (including phenoxy) is 1. The van der Waals surface area contributed by atoms with Crippen molar-refractivity contribution in [3.8, 4) is 0 Å². The van der Waals surface area contributed by atoms with Crippen LogP contribution in [0.25, 0.3) is 0 Å². The van der Waals surface area contributed by atoms with Crippen molar-refractivity contribution in [3.05, 3.63) is 29.3 Å². The molecule has 0 radical (unpaired) electrons. The largest absolute Gasteiger partial charge is 0.383 e. The summed E-state index contributed by atoms with van der Waals surface area (Å²) in [5.41, 5.74) is -0.277. The van der Waals surface area contributed by atoms with Gasteiger partial charge in [0.05, 0.1) is 0 Å². The molecule has 0 unspecified atom stereocenters. The number of carbonyl (C=O) groups excluding carboxylic acids is 1. The highest BCUT2D eigenvalue weighted by molar-refractivity contribution is 5.94. The minimum Gasteiger partial charge on any atom is -0.383 e. The third kappa shape index (κ3) is 5.67. The molecule has 1 rings (SSSR count). The first-order valence-electron chi connectivity index (χ1n) is 6.98. The maximum atomic E-state index is 13.5. The molecule has 0 aliphatic heterocycles. The zero-order valence-electron chi connectivity index (χ0n) is 12.6. The molecule has 0 fully saturated rings. The van der Waals surface area contributed by atoms with Gasteiger partial charge in [0.2, 0.25) is 0 Å². The number of nitrogens with one attached hydrogen (secondary N) is 2. The average Bonchev–Trinajstić information content (AvgIpc) is 2.41. The SMILES string of the molecule is CNc1c(F)cc(C(=O)NCCCOCC(C)C)cc1F. The van der Waals surface area contributed by atoms with Gasteiger partial charge in [0, 0.05) is 32.4 Å². The van der Waals surface area contributed by atoms with Gasteiger partial charge in [0.25, 0.3) is 5.91 Å². The summed E-state index contributed by atoms with van der Waals surface area (Å²) >= 11 is 0. The van der Waals surface area contributed by atoms with E-state index in [1.807, 2.05) is 0 Å². The lowest BCUT2D eigenvalue weighted by Gasteiger charge is -2.09. The molecule has 0 aliphatic rings. The second kappa shape index (κ2) is 8.56. The number of benzene rings is 1. The monoisotopic (exact) mass is 300 g/mol. The molecule has 0 aliphatic carbocycles. The van der Waals surface area contributed by atoms with Gasteiger partial charge in [-0.1, -0.05) is 13.8 Å². The van der Waals surface area contributed by atoms with Gasteiger partial charge in [0.1, 0.15) is 17.3 Å². The van der Waals surface area contributed by atoms with Crippen LogP contribution in [0.4, 0.5) is 14.5 Å². The van der Waals surface area contributed by atoms with Crippen molar-refractivity contribution in [2.45, 2.75) is 20.3 Å². The maximum absolute atomic E-state index is 13.5. The number of carbonyl (C=O) groups is 1. The van der Waals surface area contributed by atoms with Crippen LogP contribution in [0.15, 0.2) is 12.1 Å². The Kier molecular flexibility index (Phi) is 7.08. The van der Waals surface area contributed by atoms with Crippen LogP contribution < -0.4 is 10.6 Å². The third-order valence-electron chi connectivity index (χ3n) is 2.76. The van der Waals surface area contributed by atoms with Crippen molar-refractivity contribution in [1.82, 2.24) is 5.32 Å². The summed E-state index contributed by atoms with van der Waals surface area (Å²) in [7, 11) is 1.42. The highest BCUT2D eigenvalue weighted by atomic mass is 19.1. The number of amides is 1. The molecule has 4 nitrogen and oxygen atoms in total. The molecule has 0 aromatic heterocycles. The molecule has 118 valence electrons. The van der Waals surface area contributed by atoms with E-state index < -0.39 is 17.5 Å². The van der Waals surface area contributed by atoms with Crippen molar-refractivity contribution in [2.24, 2.45) is 5.92 Å². The molecule has 1 aromatic rings. The van der Waals surface area contributed by atoms with Gasteiger partial charge in [-0.3, -0.25) is 4.79 Å². The number of anilines is 1. The van der Waals surface area contributed by atoms with Crippen LogP contribution in [0, 0.1) is 17.6 Å². The maximum Gasteiger partial charge on any atom is 0.251 e. The Morgan fingerprint density at radius 1 is 1.29 bits per heavy atom. The second-order valence-corrected chi connectivity index (χ2v) is 5.14. The first-order chi connectivity index (χ1) is 9.95. The fourth-order valence-corrected chi connectivity index (χ4v) is 1.74. The highest BCUT2D eigenvalue weighted by Gasteiger charge is 2.13. The Balaban J connectivity index is 2.42. The summed E-state index contributed by atoms with van der Waals surface area (Å²) in [5.74, 6) is -1.61. The molecule has 21 heavy (non-hydrogen) atoms. The predicted molar refractivity (Wildman–Crippen MR) is 78.5 cm³/mol. The van der Waals surface area contributed by atoms with E-state index in [-0.39, 0.29) is 11.3 Å². The summed E-state index contributed by atoms with van der Waals surface area (Å²) in [5, 5.41) is 5.01. The van der Waals surface area contributed by atoms with Gasteiger partial charge in [-0.25, -0.2) is 8.78 Å². The molecule has 2 N–H and O–H groups in total. The van der Waals surface area contributed by atoms with Crippen LogP contribution in [-0.4, -0.2) is 32.7 Å². The van der Waals surface area contributed by atoms with Crippen LogP contribution in [0.5, 0.6) is 0 Å². The fourth-order valence-electron chi connectivity index (χ4n) is 1.74. The minimum atomic E-state index is -0.789. The number of hydrogen-bond acceptors (Lipinski definition) is 3. The van der Waals surface area contributed by atoms with Crippen LogP contribution in [0.3, 0.4) is 0 Å². The van der Waals surface area contributed by atoms with E-state index >= 15 is 0 Å². The molecular formula is C15H22F2N2O2. The lowest BCUT2D eigenvalue weighted by Crippen LogP contribution is -2.25. The van der Waals surface area contributed by atoms with E-state index in [2.05, 4.69) is 24.5 Å². The summed E-state index contributed by atoms with van der Waals surface area (Å²) in [6.45, 7) is 5.73. The number of rotatable bonds is 8. The van der Waals surface area contributed by atoms with Gasteiger partial charge in [-0.05, 0) is 24.5 Å². The van der Waals surface area contributed by atoms with Crippen molar-refractivity contribution in [1.29, 1.82) is 0 Å². The highest BCUT2D eigenvalue weighted by Crippen LogP contribution is 2.20. The van der Waals surface area contributed by atoms with E-state index in [0.29, 0.717) is 32.1 Å². The number of halogens is 2. The fraction of sp³-hybridized carbons (Fsp3) is 0.533. The van der Waals surface area contributed by atoms with Gasteiger partial charge >= 0.3 is 0 Å². The zero-order valence-corrected chi connectivity index (χ0v) is 12.6. The molecule has 0 atom stereocenters. The standard InChI is InChI=1S/C15H22F2N2O2/c1-10(2)9-21-6-4-5-19-15(20)11-7-12(16)14(18-3)13(17)8-11/h7-8,10,18H,4-6,9H2,1-3H3,(H,19,20). The van der Waals surface area contributed by atoms with Gasteiger partial charge in [-0.15, -0.1) is 0 Å². The van der Waals surface area contributed by atoms with Crippen LogP contribution in [0.1, 0.15) is 30.6 Å². The lowest BCUT2D eigenvalue weighted by molar-refractivity contribution is 0.0924. The Morgan fingerprint density at radius 3 is 2.43 bits per heavy atom. The van der Waals surface area contributed by atoms with Gasteiger partial charge < -0.3 is 15.4 Å². The number of hydrogen-bond donors (Lipinski definition) is 2. The molecular weight excluding hydrogens is 278 g/mol. The third-order valence-corrected chi connectivity index (χ3v) is 2.76. The van der Waals surface area contributed by atoms with Gasteiger partial charge in [-0.2, -0.15) is 0 Å². The normalized spacial score (nSPS) is 10.8. The topological polar surface area (TPSA) is 50.4 Å². The second-order valence-electron chi connectivity index (χ2n) is 5.14. The first kappa shape index (κ1) is 17.4. The van der Waals surface area contributed by atoms with Crippen molar-refractivity contribution in [3.63, 3.8) is 0 Å². The smallest absolute Gasteiger partial charge is 0.251 e. The average molecular weight is 300 g/mol. The predicted octanol–water partition coefficient (Wildman–Crippen LogP) is 2.80. The Morgan fingerprint density at radius 2 is 1.90 bits per heavy atom. The van der Waals surface area contributed by atoms with E-state index in [1.54, 1.807) is 0 Å². The quantitative estimate of drug-likeness (QED) is 0.726. The summed E-state index contributed by atoms with van der Waals surface area (Å²) < 4.78 is 32.4. The van der Waals surface area contributed by atoms with E-state index in [9.17, 15) is 13.6 Å². The van der Waals surface area contributed by atoms with Crippen LogP contribution in [-0.2, 0) is 4.74 Å². The molecule has 0 saturated heterocycles. The van der Waals surface area contributed by atoms with Crippen LogP contribution in [0.2, 0.25) is 0 Å². The molecule has 1 aromatic carbocycles. The molecule has 0 saturated carbocycles. The first-order valence-corrected chi connectivity index (χ1v) is 6.98. The van der Waals surface area contributed by atoms with Crippen molar-refractivity contribution < 1.29 is 18.3 Å². The summed E-state index contributed by atoms with van der Waals surface area (Å²) in [6.07, 6.45) is 0.651. The van der Waals surface area contributed by atoms with Crippen molar-refractivity contribution in [2.75, 3.05) is 32.1 Å². The van der Waals surface area contributed by atoms with Gasteiger partial charge in [0.15, 0.2) is 0 Å². The molecule has 0 spiro atoms. The van der Waals surface area contributed by atoms with E-state index in [1.165, 1.54) is 7.05 Å². The zero-order chi connectivity index (χ0) is 15.8. The Hall–Kier alpha value is -1.69. The molecule has 6 heteroatoms. The molecule has 0 bridgehead atoms.